The number of nitrogens with two attached hydrogens (primary N) is 1. The molecule has 1 amide bonds. The molecule has 1 aromatic carbocycles. The second-order valence-corrected chi connectivity index (χ2v) is 6.35. The average Bonchev–Trinajstić information content (AvgIpc) is 3.03. The predicted molar refractivity (Wildman–Crippen MR) is 113 cm³/mol. The van der Waals surface area contributed by atoms with Crippen molar-refractivity contribution < 1.29 is 14.3 Å². The Kier molecular flexibility index (Phi) is 9.71. The van der Waals surface area contributed by atoms with Crippen molar-refractivity contribution in [2.75, 3.05) is 26.3 Å². The quantitative estimate of drug-likeness (QED) is 0.302. The lowest BCUT2D eigenvalue weighted by molar-refractivity contribution is -0.119. The molecule has 146 valence electrons. The molecule has 1 fully saturated rings. The van der Waals surface area contributed by atoms with Crippen LogP contribution in [0, 0.1) is 0 Å². The highest BCUT2D eigenvalue weighted by molar-refractivity contribution is 14.0. The number of aliphatic imine (C=N–C) groups is 1. The number of carbonyl (C=O) groups is 1. The minimum atomic E-state index is -0.496. The lowest BCUT2D eigenvalue weighted by atomic mass is 10.0. The van der Waals surface area contributed by atoms with Crippen LogP contribution in [0.25, 0.3) is 0 Å². The van der Waals surface area contributed by atoms with Crippen molar-refractivity contribution in [2.45, 2.75) is 38.8 Å². The van der Waals surface area contributed by atoms with Gasteiger partial charge in [0.05, 0.1) is 12.1 Å². The van der Waals surface area contributed by atoms with E-state index in [1.54, 1.807) is 6.07 Å². The van der Waals surface area contributed by atoms with Crippen LogP contribution in [0.4, 0.5) is 0 Å². The van der Waals surface area contributed by atoms with Crippen LogP contribution in [0.2, 0.25) is 0 Å². The summed E-state index contributed by atoms with van der Waals surface area (Å²) in [6.07, 6.45) is 2.16. The van der Waals surface area contributed by atoms with E-state index in [0.717, 1.165) is 44.1 Å². The van der Waals surface area contributed by atoms with Crippen molar-refractivity contribution in [3.63, 3.8) is 0 Å². The zero-order valence-corrected chi connectivity index (χ0v) is 17.7. The lowest BCUT2D eigenvalue weighted by Gasteiger charge is -2.24. The van der Waals surface area contributed by atoms with Gasteiger partial charge in [0.2, 0.25) is 0 Å². The van der Waals surface area contributed by atoms with Crippen LogP contribution < -0.4 is 21.1 Å². The maximum absolute atomic E-state index is 10.8. The summed E-state index contributed by atoms with van der Waals surface area (Å²) in [4.78, 5) is 15.4. The van der Waals surface area contributed by atoms with E-state index in [4.69, 9.17) is 15.2 Å². The molecular formula is C18H29IN4O3. The van der Waals surface area contributed by atoms with Crippen molar-refractivity contribution >= 4 is 35.8 Å². The third kappa shape index (κ3) is 7.77. The molecule has 0 spiro atoms. The minimum absolute atomic E-state index is 0. The number of primary amides is 1. The van der Waals surface area contributed by atoms with Gasteiger partial charge in [0.15, 0.2) is 12.6 Å². The van der Waals surface area contributed by atoms with Gasteiger partial charge in [0.25, 0.3) is 5.91 Å². The number of nitrogens with zero attached hydrogens (tertiary/aromatic N) is 1. The third-order valence-electron chi connectivity index (χ3n) is 3.97. The van der Waals surface area contributed by atoms with Crippen LogP contribution in [0.3, 0.4) is 0 Å². The maximum Gasteiger partial charge on any atom is 0.255 e. The van der Waals surface area contributed by atoms with Crippen molar-refractivity contribution in [1.29, 1.82) is 0 Å². The summed E-state index contributed by atoms with van der Waals surface area (Å²) in [7, 11) is 0. The molecule has 1 saturated heterocycles. The number of guanidine groups is 1. The highest BCUT2D eigenvalue weighted by Crippen LogP contribution is 2.23. The van der Waals surface area contributed by atoms with Crippen molar-refractivity contribution in [3.8, 4) is 5.75 Å². The normalized spacial score (nSPS) is 19.5. The van der Waals surface area contributed by atoms with E-state index in [2.05, 4.69) is 22.5 Å². The van der Waals surface area contributed by atoms with Gasteiger partial charge in [-0.1, -0.05) is 12.1 Å². The summed E-state index contributed by atoms with van der Waals surface area (Å²) in [5.41, 5.74) is 5.96. The Morgan fingerprint density at radius 1 is 1.42 bits per heavy atom. The predicted octanol–water partition coefficient (Wildman–Crippen LogP) is 1.79. The molecule has 0 radical (unpaired) electrons. The number of nitrogens with one attached hydrogen (secondary N) is 2. The highest BCUT2D eigenvalue weighted by Gasteiger charge is 2.29. The summed E-state index contributed by atoms with van der Waals surface area (Å²) in [5.74, 6) is 0.865. The molecule has 1 aliphatic rings. The van der Waals surface area contributed by atoms with E-state index >= 15 is 0 Å². The molecule has 1 heterocycles. The number of ether oxygens (including phenoxy) is 2. The zero-order valence-electron chi connectivity index (χ0n) is 15.4. The Balaban J connectivity index is 0.00000338. The molecule has 0 aliphatic carbocycles. The Morgan fingerprint density at radius 3 is 2.88 bits per heavy atom. The first-order chi connectivity index (χ1) is 12.0. The Hall–Kier alpha value is -1.55. The van der Waals surface area contributed by atoms with Crippen LogP contribution in [0.5, 0.6) is 5.75 Å². The first-order valence-electron chi connectivity index (χ1n) is 8.67. The topological polar surface area (TPSA) is 98.0 Å². The van der Waals surface area contributed by atoms with Crippen LogP contribution in [-0.2, 0) is 16.1 Å². The van der Waals surface area contributed by atoms with E-state index in [0.29, 0.717) is 12.3 Å². The van der Waals surface area contributed by atoms with Gasteiger partial charge >= 0.3 is 0 Å². The van der Waals surface area contributed by atoms with Crippen LogP contribution in [-0.4, -0.2) is 43.8 Å². The van der Waals surface area contributed by atoms with Gasteiger partial charge in [-0.15, -0.1) is 24.0 Å². The van der Waals surface area contributed by atoms with Gasteiger partial charge in [-0.2, -0.15) is 0 Å². The van der Waals surface area contributed by atoms with E-state index in [1.807, 2.05) is 25.1 Å². The Bertz CT molecular complexity index is 604. The van der Waals surface area contributed by atoms with Crippen molar-refractivity contribution in [3.05, 3.63) is 29.8 Å². The van der Waals surface area contributed by atoms with E-state index in [-0.39, 0.29) is 36.2 Å². The smallest absolute Gasteiger partial charge is 0.255 e. The second-order valence-electron chi connectivity index (χ2n) is 6.35. The van der Waals surface area contributed by atoms with Gasteiger partial charge in [0.1, 0.15) is 5.75 Å². The van der Waals surface area contributed by atoms with Gasteiger partial charge in [0, 0.05) is 19.7 Å². The third-order valence-corrected chi connectivity index (χ3v) is 3.97. The molecule has 4 N–H and O–H groups in total. The summed E-state index contributed by atoms with van der Waals surface area (Å²) < 4.78 is 11.1. The molecule has 8 heteroatoms. The fourth-order valence-corrected chi connectivity index (χ4v) is 2.65. The molecule has 1 aliphatic heterocycles. The molecule has 0 saturated carbocycles. The molecule has 0 aromatic heterocycles. The monoisotopic (exact) mass is 476 g/mol. The van der Waals surface area contributed by atoms with Gasteiger partial charge in [-0.25, -0.2) is 4.99 Å². The van der Waals surface area contributed by atoms with Crippen LogP contribution in [0.15, 0.2) is 29.3 Å². The number of halogens is 1. The molecule has 1 atom stereocenters. The molecule has 26 heavy (non-hydrogen) atoms. The Labute approximate surface area is 172 Å². The first-order valence-corrected chi connectivity index (χ1v) is 8.67. The summed E-state index contributed by atoms with van der Waals surface area (Å²) in [6.45, 7) is 6.85. The second kappa shape index (κ2) is 11.2. The summed E-state index contributed by atoms with van der Waals surface area (Å²) in [5, 5.41) is 6.59. The molecule has 7 nitrogen and oxygen atoms in total. The fourth-order valence-electron chi connectivity index (χ4n) is 2.65. The molecule has 1 aromatic rings. The van der Waals surface area contributed by atoms with Crippen LogP contribution in [0.1, 0.15) is 32.3 Å². The summed E-state index contributed by atoms with van der Waals surface area (Å²) >= 11 is 0. The van der Waals surface area contributed by atoms with E-state index < -0.39 is 5.91 Å². The molecule has 2 rings (SSSR count). The van der Waals surface area contributed by atoms with Crippen molar-refractivity contribution in [2.24, 2.45) is 10.7 Å². The van der Waals surface area contributed by atoms with Gasteiger partial charge in [-0.05, 0) is 44.4 Å². The molecular weight excluding hydrogens is 447 g/mol. The highest BCUT2D eigenvalue weighted by atomic mass is 127. The zero-order chi connectivity index (χ0) is 18.1. The summed E-state index contributed by atoms with van der Waals surface area (Å²) in [6, 6.07) is 7.48. The van der Waals surface area contributed by atoms with Gasteiger partial charge in [-0.3, -0.25) is 4.79 Å². The largest absolute Gasteiger partial charge is 0.484 e. The minimum Gasteiger partial charge on any atom is -0.484 e. The number of amides is 1. The molecule has 1 unspecified atom stereocenters. The average molecular weight is 476 g/mol. The number of benzene rings is 1. The van der Waals surface area contributed by atoms with Gasteiger partial charge < -0.3 is 25.8 Å². The van der Waals surface area contributed by atoms with E-state index in [1.165, 1.54) is 0 Å². The van der Waals surface area contributed by atoms with E-state index in [9.17, 15) is 4.79 Å². The SMILES string of the molecule is CCNC(=NCc1cccc(OCC(N)=O)c1)NCC1(C)CCCO1.I. The fraction of sp³-hybridized carbons (Fsp3) is 0.556. The lowest BCUT2D eigenvalue weighted by Crippen LogP contribution is -2.45. The van der Waals surface area contributed by atoms with Crippen molar-refractivity contribution in [1.82, 2.24) is 10.6 Å². The maximum atomic E-state index is 10.8. The Morgan fingerprint density at radius 2 is 2.23 bits per heavy atom. The standard InChI is InChI=1S/C18H28N4O3.HI/c1-3-20-17(22-13-18(2)8-5-9-25-18)21-11-14-6-4-7-15(10-14)24-12-16(19)23;/h4,6-7,10H,3,5,8-9,11-13H2,1-2H3,(H2,19,23)(H2,20,21,22);1H. The number of rotatable bonds is 8. The number of hydrogen-bond donors (Lipinski definition) is 3. The number of hydrogen-bond acceptors (Lipinski definition) is 4. The first kappa shape index (κ1) is 22.5. The molecule has 0 bridgehead atoms. The number of carbonyl (C=O) groups excluding carboxylic acids is 1. The van der Waals surface area contributed by atoms with Crippen LogP contribution >= 0.6 is 24.0 Å².